The van der Waals surface area contributed by atoms with E-state index in [9.17, 15) is 14.0 Å². The van der Waals surface area contributed by atoms with Crippen LogP contribution in [0, 0.1) is 5.82 Å². The number of hydrogen-bond donors (Lipinski definition) is 2. The van der Waals surface area contributed by atoms with Crippen LogP contribution in [0.25, 0.3) is 0 Å². The maximum absolute atomic E-state index is 13.3. The van der Waals surface area contributed by atoms with Gasteiger partial charge in [-0.2, -0.15) is 0 Å². The van der Waals surface area contributed by atoms with Crippen molar-refractivity contribution in [2.45, 2.75) is 6.04 Å². The molecule has 0 saturated carbocycles. The van der Waals surface area contributed by atoms with E-state index in [1.807, 2.05) is 5.32 Å². The SMILES string of the molecule is O=CNC(C(=O)O)c1ccc(Cl)cc1F. The molecule has 1 aromatic carbocycles. The molecule has 4 nitrogen and oxygen atoms in total. The number of nitrogens with one attached hydrogen (secondary N) is 1. The molecule has 0 spiro atoms. The van der Waals surface area contributed by atoms with Crippen molar-refractivity contribution >= 4 is 24.0 Å². The van der Waals surface area contributed by atoms with E-state index in [0.717, 1.165) is 6.07 Å². The van der Waals surface area contributed by atoms with Crippen molar-refractivity contribution in [1.82, 2.24) is 5.32 Å². The summed E-state index contributed by atoms with van der Waals surface area (Å²) in [6.07, 6.45) is 0.201. The van der Waals surface area contributed by atoms with Crippen LogP contribution in [0.5, 0.6) is 0 Å². The number of carbonyl (C=O) groups is 2. The van der Waals surface area contributed by atoms with Crippen LogP contribution in [-0.2, 0) is 9.59 Å². The van der Waals surface area contributed by atoms with Gasteiger partial charge in [-0.1, -0.05) is 17.7 Å². The first-order valence-corrected chi connectivity index (χ1v) is 4.31. The Bertz CT molecular complexity index is 397. The summed E-state index contributed by atoms with van der Waals surface area (Å²) in [6, 6.07) is 2.15. The highest BCUT2D eigenvalue weighted by molar-refractivity contribution is 6.30. The number of aliphatic carboxylic acids is 1. The molecule has 0 aliphatic rings. The van der Waals surface area contributed by atoms with E-state index >= 15 is 0 Å². The van der Waals surface area contributed by atoms with Gasteiger partial charge in [0.2, 0.25) is 6.41 Å². The third-order valence-corrected chi connectivity index (χ3v) is 1.99. The molecule has 2 N–H and O–H groups in total. The Morgan fingerprint density at radius 1 is 1.60 bits per heavy atom. The maximum atomic E-state index is 13.3. The van der Waals surface area contributed by atoms with E-state index in [1.165, 1.54) is 12.1 Å². The van der Waals surface area contributed by atoms with Crippen molar-refractivity contribution in [2.24, 2.45) is 0 Å². The lowest BCUT2D eigenvalue weighted by Gasteiger charge is -2.12. The topological polar surface area (TPSA) is 66.4 Å². The molecular weight excluding hydrogens is 225 g/mol. The predicted octanol–water partition coefficient (Wildman–Crippen LogP) is 1.35. The molecule has 0 saturated heterocycles. The highest BCUT2D eigenvalue weighted by Gasteiger charge is 2.22. The van der Waals surface area contributed by atoms with Crippen LogP contribution < -0.4 is 5.32 Å². The Balaban J connectivity index is 3.10. The second-order valence-corrected chi connectivity index (χ2v) is 3.16. The molecule has 15 heavy (non-hydrogen) atoms. The Labute approximate surface area is 89.7 Å². The Morgan fingerprint density at radius 3 is 2.73 bits per heavy atom. The van der Waals surface area contributed by atoms with Crippen molar-refractivity contribution in [3.63, 3.8) is 0 Å². The standard InChI is InChI=1S/C9H7ClFNO3/c10-5-1-2-6(7(11)3-5)8(9(14)15)12-4-13/h1-4,8H,(H,12,13)(H,14,15). The lowest BCUT2D eigenvalue weighted by Crippen LogP contribution is -2.28. The molecular formula is C9H7ClFNO3. The van der Waals surface area contributed by atoms with Gasteiger partial charge in [-0.15, -0.1) is 0 Å². The summed E-state index contributed by atoms with van der Waals surface area (Å²) < 4.78 is 13.3. The van der Waals surface area contributed by atoms with Crippen LogP contribution in [0.2, 0.25) is 5.02 Å². The van der Waals surface area contributed by atoms with E-state index in [0.29, 0.717) is 0 Å². The Hall–Kier alpha value is -1.62. The second-order valence-electron chi connectivity index (χ2n) is 2.72. The highest BCUT2D eigenvalue weighted by Crippen LogP contribution is 2.20. The van der Waals surface area contributed by atoms with E-state index in [2.05, 4.69) is 0 Å². The molecule has 0 aliphatic carbocycles. The van der Waals surface area contributed by atoms with Gasteiger partial charge in [-0.3, -0.25) is 4.79 Å². The van der Waals surface area contributed by atoms with Crippen LogP contribution in [0.4, 0.5) is 4.39 Å². The number of benzene rings is 1. The minimum absolute atomic E-state index is 0.140. The zero-order chi connectivity index (χ0) is 11.4. The number of rotatable bonds is 4. The van der Waals surface area contributed by atoms with Gasteiger partial charge in [0.15, 0.2) is 6.04 Å². The van der Waals surface area contributed by atoms with Gasteiger partial charge in [0, 0.05) is 10.6 Å². The summed E-state index contributed by atoms with van der Waals surface area (Å²) in [5, 5.41) is 10.9. The van der Waals surface area contributed by atoms with E-state index in [1.54, 1.807) is 0 Å². The molecule has 0 aromatic heterocycles. The number of halogens is 2. The monoisotopic (exact) mass is 231 g/mol. The fraction of sp³-hybridized carbons (Fsp3) is 0.111. The third kappa shape index (κ3) is 2.66. The Morgan fingerprint density at radius 2 is 2.27 bits per heavy atom. The first kappa shape index (κ1) is 11.5. The summed E-state index contributed by atoms with van der Waals surface area (Å²) in [4.78, 5) is 20.9. The van der Waals surface area contributed by atoms with Crippen molar-refractivity contribution in [1.29, 1.82) is 0 Å². The number of amides is 1. The van der Waals surface area contributed by atoms with Gasteiger partial charge in [0.25, 0.3) is 0 Å². The molecule has 0 fully saturated rings. The number of carboxylic acid groups (broad SMARTS) is 1. The quantitative estimate of drug-likeness (QED) is 0.769. The average Bonchev–Trinajstić information content (AvgIpc) is 2.15. The van der Waals surface area contributed by atoms with E-state index in [-0.39, 0.29) is 17.0 Å². The fourth-order valence-electron chi connectivity index (χ4n) is 1.10. The first-order valence-electron chi connectivity index (χ1n) is 3.93. The largest absolute Gasteiger partial charge is 0.479 e. The normalized spacial score (nSPS) is 11.9. The zero-order valence-corrected chi connectivity index (χ0v) is 8.16. The minimum atomic E-state index is -1.40. The molecule has 1 aromatic rings. The molecule has 1 amide bonds. The van der Waals surface area contributed by atoms with Crippen LogP contribution in [-0.4, -0.2) is 17.5 Å². The van der Waals surface area contributed by atoms with E-state index < -0.39 is 17.8 Å². The predicted molar refractivity (Wildman–Crippen MR) is 51.0 cm³/mol. The first-order chi connectivity index (χ1) is 7.06. The molecule has 6 heteroatoms. The van der Waals surface area contributed by atoms with Crippen LogP contribution in [0.15, 0.2) is 18.2 Å². The minimum Gasteiger partial charge on any atom is -0.479 e. The van der Waals surface area contributed by atoms with Crippen molar-refractivity contribution in [3.8, 4) is 0 Å². The number of carboxylic acids is 1. The molecule has 0 bridgehead atoms. The third-order valence-electron chi connectivity index (χ3n) is 1.76. The van der Waals surface area contributed by atoms with Gasteiger partial charge in [-0.25, -0.2) is 9.18 Å². The summed E-state index contributed by atoms with van der Waals surface area (Å²) in [5.41, 5.74) is -0.140. The lowest BCUT2D eigenvalue weighted by molar-refractivity contribution is -0.140. The summed E-state index contributed by atoms with van der Waals surface area (Å²) in [5.74, 6) is -2.12. The average molecular weight is 232 g/mol. The fourth-order valence-corrected chi connectivity index (χ4v) is 1.26. The molecule has 0 radical (unpaired) electrons. The summed E-state index contributed by atoms with van der Waals surface area (Å²) in [7, 11) is 0. The van der Waals surface area contributed by atoms with Gasteiger partial charge >= 0.3 is 5.97 Å². The van der Waals surface area contributed by atoms with Crippen LogP contribution >= 0.6 is 11.6 Å². The second kappa shape index (κ2) is 4.75. The van der Waals surface area contributed by atoms with Crippen LogP contribution in [0.3, 0.4) is 0 Å². The molecule has 1 unspecified atom stereocenters. The molecule has 0 aliphatic heterocycles. The van der Waals surface area contributed by atoms with Gasteiger partial charge in [0.05, 0.1) is 0 Å². The molecule has 1 rings (SSSR count). The van der Waals surface area contributed by atoms with Gasteiger partial charge < -0.3 is 10.4 Å². The number of carbonyl (C=O) groups excluding carboxylic acids is 1. The smallest absolute Gasteiger partial charge is 0.331 e. The van der Waals surface area contributed by atoms with Gasteiger partial charge in [-0.05, 0) is 12.1 Å². The van der Waals surface area contributed by atoms with Gasteiger partial charge in [0.1, 0.15) is 5.82 Å². The van der Waals surface area contributed by atoms with E-state index in [4.69, 9.17) is 16.7 Å². The summed E-state index contributed by atoms with van der Waals surface area (Å²) >= 11 is 5.50. The van der Waals surface area contributed by atoms with Crippen LogP contribution in [0.1, 0.15) is 11.6 Å². The molecule has 0 heterocycles. The van der Waals surface area contributed by atoms with Crippen molar-refractivity contribution in [2.75, 3.05) is 0 Å². The van der Waals surface area contributed by atoms with Crippen molar-refractivity contribution < 1.29 is 19.1 Å². The maximum Gasteiger partial charge on any atom is 0.331 e. The lowest BCUT2D eigenvalue weighted by atomic mass is 10.1. The Kier molecular flexibility index (Phi) is 3.62. The van der Waals surface area contributed by atoms with Crippen molar-refractivity contribution in [3.05, 3.63) is 34.6 Å². The number of hydrogen-bond acceptors (Lipinski definition) is 2. The molecule has 1 atom stereocenters. The summed E-state index contributed by atoms with van der Waals surface area (Å²) in [6.45, 7) is 0. The highest BCUT2D eigenvalue weighted by atomic mass is 35.5. The zero-order valence-electron chi connectivity index (χ0n) is 7.41. The molecule has 80 valence electrons.